The predicted molar refractivity (Wildman–Crippen MR) is 41.8 cm³/mol. The van der Waals surface area contributed by atoms with Crippen molar-refractivity contribution in [3.8, 4) is 0 Å². The van der Waals surface area contributed by atoms with E-state index in [9.17, 15) is 4.79 Å². The molecular formula is C8H10N2O2. The summed E-state index contributed by atoms with van der Waals surface area (Å²) in [6.07, 6.45) is 4.52. The minimum atomic E-state index is 0.0317. The Balaban J connectivity index is 2.41. The third kappa shape index (κ3) is 2.08. The van der Waals surface area contributed by atoms with E-state index < -0.39 is 0 Å². The zero-order chi connectivity index (χ0) is 8.81. The summed E-state index contributed by atoms with van der Waals surface area (Å²) in [5.41, 5.74) is 0. The minimum Gasteiger partial charge on any atom is -0.211 e. The van der Waals surface area contributed by atoms with Crippen LogP contribution in [0.15, 0.2) is 4.99 Å². The lowest BCUT2D eigenvalue weighted by Gasteiger charge is -2.08. The first kappa shape index (κ1) is 8.76. The van der Waals surface area contributed by atoms with Crippen LogP contribution < -0.4 is 0 Å². The van der Waals surface area contributed by atoms with Gasteiger partial charge in [0.05, 0.1) is 6.04 Å². The van der Waals surface area contributed by atoms with Crippen molar-refractivity contribution in [1.29, 1.82) is 0 Å². The second kappa shape index (κ2) is 4.53. The van der Waals surface area contributed by atoms with Gasteiger partial charge in [-0.3, -0.25) is 0 Å². The van der Waals surface area contributed by atoms with E-state index in [1.807, 2.05) is 0 Å². The van der Waals surface area contributed by atoms with E-state index in [4.69, 9.17) is 6.57 Å². The van der Waals surface area contributed by atoms with E-state index in [0.717, 1.165) is 19.3 Å². The Morgan fingerprint density at radius 3 is 3.17 bits per heavy atom. The van der Waals surface area contributed by atoms with Gasteiger partial charge in [0.15, 0.2) is 6.61 Å². The van der Waals surface area contributed by atoms with Gasteiger partial charge >= 0.3 is 0 Å². The highest BCUT2D eigenvalue weighted by atomic mass is 16.6. The number of isocyanates is 1. The predicted octanol–water partition coefficient (Wildman–Crippen LogP) is 1.34. The van der Waals surface area contributed by atoms with Crippen molar-refractivity contribution in [2.45, 2.75) is 25.3 Å². The molecule has 0 spiro atoms. The van der Waals surface area contributed by atoms with Gasteiger partial charge in [-0.1, -0.05) is 6.42 Å². The summed E-state index contributed by atoms with van der Waals surface area (Å²) >= 11 is 0. The van der Waals surface area contributed by atoms with E-state index >= 15 is 0 Å². The number of carbonyl (C=O) groups excluding carboxylic acids is 1. The van der Waals surface area contributed by atoms with Crippen molar-refractivity contribution >= 4 is 6.08 Å². The van der Waals surface area contributed by atoms with Crippen LogP contribution in [0.2, 0.25) is 0 Å². The Morgan fingerprint density at radius 1 is 1.67 bits per heavy atom. The summed E-state index contributed by atoms with van der Waals surface area (Å²) in [5.74, 6) is 0.237. The van der Waals surface area contributed by atoms with Crippen molar-refractivity contribution in [3.63, 3.8) is 0 Å². The topological polar surface area (TPSA) is 43.0 Å². The van der Waals surface area contributed by atoms with Crippen molar-refractivity contribution in [1.82, 2.24) is 0 Å². The maximum absolute atomic E-state index is 9.99. The van der Waals surface area contributed by atoms with Crippen LogP contribution in [0, 0.1) is 12.5 Å². The Bertz CT molecular complexity index is 228. The highest BCUT2D eigenvalue weighted by molar-refractivity contribution is 5.33. The second-order valence-electron chi connectivity index (χ2n) is 2.87. The lowest BCUT2D eigenvalue weighted by molar-refractivity contribution is 0.183. The molecule has 0 aromatic carbocycles. The van der Waals surface area contributed by atoms with Gasteiger partial charge in [0.1, 0.15) is 0 Å². The minimum absolute atomic E-state index is 0.0317. The summed E-state index contributed by atoms with van der Waals surface area (Å²) in [6, 6.07) is 0.0317. The first-order chi connectivity index (χ1) is 5.88. The van der Waals surface area contributed by atoms with Gasteiger partial charge in [-0.25, -0.2) is 9.79 Å². The van der Waals surface area contributed by atoms with Gasteiger partial charge in [-0.15, -0.1) is 0 Å². The maximum Gasteiger partial charge on any atom is 0.235 e. The van der Waals surface area contributed by atoms with Crippen molar-refractivity contribution in [2.24, 2.45) is 10.9 Å². The molecule has 2 unspecified atom stereocenters. The van der Waals surface area contributed by atoms with Crippen molar-refractivity contribution in [2.75, 3.05) is 6.61 Å². The molecule has 1 saturated carbocycles. The van der Waals surface area contributed by atoms with Crippen LogP contribution in [0.1, 0.15) is 19.3 Å². The molecule has 1 rings (SSSR count). The average molecular weight is 166 g/mol. The molecule has 4 nitrogen and oxygen atoms in total. The fraction of sp³-hybridized carbons (Fsp3) is 0.750. The largest absolute Gasteiger partial charge is 0.235 e. The third-order valence-electron chi connectivity index (χ3n) is 2.19. The molecule has 0 heterocycles. The molecule has 0 N–H and O–H groups in total. The lowest BCUT2D eigenvalue weighted by Crippen LogP contribution is -2.15. The SMILES string of the molecule is [C-]#[N+]OCC1CCCC1N=C=O. The summed E-state index contributed by atoms with van der Waals surface area (Å²) in [5, 5.41) is 2.80. The zero-order valence-electron chi connectivity index (χ0n) is 6.69. The molecule has 0 saturated heterocycles. The molecule has 0 aromatic heterocycles. The van der Waals surface area contributed by atoms with Crippen LogP contribution in [0.5, 0.6) is 0 Å². The third-order valence-corrected chi connectivity index (χ3v) is 2.19. The van der Waals surface area contributed by atoms with Crippen LogP contribution >= 0.6 is 0 Å². The van der Waals surface area contributed by atoms with Crippen molar-refractivity contribution < 1.29 is 9.63 Å². The van der Waals surface area contributed by atoms with Crippen LogP contribution in [0.3, 0.4) is 0 Å². The number of hydrogen-bond acceptors (Lipinski definition) is 3. The molecular weight excluding hydrogens is 156 g/mol. The Kier molecular flexibility index (Phi) is 3.31. The number of hydrogen-bond donors (Lipinski definition) is 0. The monoisotopic (exact) mass is 166 g/mol. The molecule has 0 radical (unpaired) electrons. The standard InChI is InChI=1S/C8H10N2O2/c1-9-12-5-7-3-2-4-8(7)10-6-11/h7-8H,2-5H2. The van der Waals surface area contributed by atoms with E-state index in [2.05, 4.69) is 14.8 Å². The molecule has 1 fully saturated rings. The number of aliphatic imine (C=N–C) groups is 1. The Hall–Kier alpha value is -1.33. The highest BCUT2D eigenvalue weighted by Gasteiger charge is 2.28. The van der Waals surface area contributed by atoms with Crippen molar-refractivity contribution in [3.05, 3.63) is 11.6 Å². The van der Waals surface area contributed by atoms with E-state index in [-0.39, 0.29) is 12.0 Å². The van der Waals surface area contributed by atoms with Crippen LogP contribution in [-0.4, -0.2) is 18.7 Å². The van der Waals surface area contributed by atoms with Crippen LogP contribution in [0.25, 0.3) is 5.01 Å². The zero-order valence-corrected chi connectivity index (χ0v) is 6.69. The average Bonchev–Trinajstić information content (AvgIpc) is 2.50. The molecule has 4 heteroatoms. The molecule has 12 heavy (non-hydrogen) atoms. The molecule has 1 aliphatic rings. The summed E-state index contributed by atoms with van der Waals surface area (Å²) in [6.45, 7) is 6.82. The molecule has 1 aliphatic carbocycles. The second-order valence-corrected chi connectivity index (χ2v) is 2.87. The lowest BCUT2D eigenvalue weighted by atomic mass is 10.1. The quantitative estimate of drug-likeness (QED) is 0.275. The first-order valence-electron chi connectivity index (χ1n) is 3.94. The van der Waals surface area contributed by atoms with Crippen LogP contribution in [0.4, 0.5) is 0 Å². The van der Waals surface area contributed by atoms with Gasteiger partial charge < -0.3 is 0 Å². The molecule has 0 aliphatic heterocycles. The highest BCUT2D eigenvalue weighted by Crippen LogP contribution is 2.28. The molecule has 0 amide bonds. The first-order valence-corrected chi connectivity index (χ1v) is 3.94. The normalized spacial score (nSPS) is 27.2. The van der Waals surface area contributed by atoms with Gasteiger partial charge in [0.25, 0.3) is 0 Å². The number of nitrogens with zero attached hydrogens (tertiary/aromatic N) is 2. The van der Waals surface area contributed by atoms with Crippen LogP contribution in [-0.2, 0) is 9.63 Å². The van der Waals surface area contributed by atoms with E-state index in [1.54, 1.807) is 6.08 Å². The van der Waals surface area contributed by atoms with Gasteiger partial charge in [-0.05, 0) is 17.8 Å². The summed E-state index contributed by atoms with van der Waals surface area (Å²) in [4.78, 5) is 18.3. The van der Waals surface area contributed by atoms with Gasteiger partial charge in [0.2, 0.25) is 6.08 Å². The molecule has 0 bridgehead atoms. The molecule has 0 aromatic rings. The van der Waals surface area contributed by atoms with Gasteiger partial charge in [0, 0.05) is 5.92 Å². The Labute approximate surface area is 71.0 Å². The van der Waals surface area contributed by atoms with E-state index in [0.29, 0.717) is 6.61 Å². The van der Waals surface area contributed by atoms with Gasteiger partial charge in [-0.2, -0.15) is 11.4 Å². The smallest absolute Gasteiger partial charge is 0.211 e. The fourth-order valence-electron chi connectivity index (χ4n) is 1.58. The fourth-order valence-corrected chi connectivity index (χ4v) is 1.58. The summed E-state index contributed by atoms with van der Waals surface area (Å²) in [7, 11) is 0. The summed E-state index contributed by atoms with van der Waals surface area (Å²) < 4.78 is 0. The maximum atomic E-state index is 9.99. The Morgan fingerprint density at radius 2 is 2.50 bits per heavy atom. The number of rotatable bonds is 3. The molecule has 2 atom stereocenters. The van der Waals surface area contributed by atoms with E-state index in [1.165, 1.54) is 0 Å². The molecule has 64 valence electrons.